The van der Waals surface area contributed by atoms with E-state index in [0.29, 0.717) is 34.6 Å². The van der Waals surface area contributed by atoms with Gasteiger partial charge in [-0.2, -0.15) is 5.10 Å². The van der Waals surface area contributed by atoms with Crippen LogP contribution in [0.3, 0.4) is 0 Å². The number of hydrogen-bond donors (Lipinski definition) is 2. The summed E-state index contributed by atoms with van der Waals surface area (Å²) in [6.07, 6.45) is 2.37. The van der Waals surface area contributed by atoms with Gasteiger partial charge in [-0.3, -0.25) is 5.10 Å². The number of H-pyrrole nitrogens is 1. The third-order valence-corrected chi connectivity index (χ3v) is 3.51. The number of aromatic nitrogens is 2. The molecule has 0 aliphatic heterocycles. The molecule has 1 aromatic carbocycles. The largest absolute Gasteiger partial charge is 0.491 e. The number of nitrogens with zero attached hydrogens (tertiary/aromatic N) is 1. The predicted molar refractivity (Wildman–Crippen MR) is 74.2 cm³/mol. The minimum atomic E-state index is -1.05. The summed E-state index contributed by atoms with van der Waals surface area (Å²) in [6, 6.07) is 6.82. The molecule has 3 rings (SSSR count). The van der Waals surface area contributed by atoms with Crippen molar-refractivity contribution in [3.63, 3.8) is 0 Å². The van der Waals surface area contributed by atoms with Crippen LogP contribution < -0.4 is 4.74 Å². The van der Waals surface area contributed by atoms with Gasteiger partial charge in [0.2, 0.25) is 0 Å². The van der Waals surface area contributed by atoms with Crippen molar-refractivity contribution in [2.45, 2.75) is 12.8 Å². The topological polar surface area (TPSA) is 75.2 Å². The normalized spacial score (nSPS) is 14.2. The summed E-state index contributed by atoms with van der Waals surface area (Å²) in [5, 5.41) is 15.9. The molecule has 1 heterocycles. The van der Waals surface area contributed by atoms with Gasteiger partial charge < -0.3 is 9.84 Å². The Morgan fingerprint density at radius 3 is 2.95 bits per heavy atom. The van der Waals surface area contributed by atoms with Gasteiger partial charge in [0.25, 0.3) is 0 Å². The minimum Gasteiger partial charge on any atom is -0.491 e. The molecular weight excluding hydrogens is 280 g/mol. The maximum absolute atomic E-state index is 10.9. The molecule has 1 aliphatic carbocycles. The van der Waals surface area contributed by atoms with Gasteiger partial charge in [-0.15, -0.1) is 0 Å². The number of carbonyl (C=O) groups is 1. The molecule has 0 radical (unpaired) electrons. The van der Waals surface area contributed by atoms with E-state index in [4.69, 9.17) is 21.4 Å². The molecule has 1 aromatic heterocycles. The molecule has 1 fully saturated rings. The fourth-order valence-electron chi connectivity index (χ4n) is 1.91. The summed E-state index contributed by atoms with van der Waals surface area (Å²) in [5.41, 5.74) is 1.24. The number of halogens is 1. The van der Waals surface area contributed by atoms with E-state index in [1.807, 2.05) is 6.07 Å². The van der Waals surface area contributed by atoms with Crippen LogP contribution in [0, 0.1) is 5.92 Å². The molecule has 2 N–H and O–H groups in total. The summed E-state index contributed by atoms with van der Waals surface area (Å²) < 4.78 is 5.78. The summed E-state index contributed by atoms with van der Waals surface area (Å²) >= 11 is 6.17. The van der Waals surface area contributed by atoms with Crippen LogP contribution in [-0.2, 0) is 0 Å². The zero-order chi connectivity index (χ0) is 14.1. The first-order chi connectivity index (χ1) is 9.65. The molecule has 0 spiro atoms. The summed E-state index contributed by atoms with van der Waals surface area (Å²) in [7, 11) is 0. The molecule has 20 heavy (non-hydrogen) atoms. The smallest absolute Gasteiger partial charge is 0.353 e. The minimum absolute atomic E-state index is 0.0353. The highest BCUT2D eigenvalue weighted by Gasteiger charge is 2.23. The number of hydrogen-bond acceptors (Lipinski definition) is 3. The van der Waals surface area contributed by atoms with Crippen LogP contribution in [0.2, 0.25) is 5.02 Å². The lowest BCUT2D eigenvalue weighted by Gasteiger charge is -2.11. The molecule has 0 unspecified atom stereocenters. The number of para-hydroxylation sites is 1. The number of ether oxygens (including phenoxy) is 1. The number of rotatable bonds is 5. The van der Waals surface area contributed by atoms with Gasteiger partial charge in [0.15, 0.2) is 0 Å². The lowest BCUT2D eigenvalue weighted by molar-refractivity contribution is 0.0690. The van der Waals surface area contributed by atoms with Gasteiger partial charge in [0.05, 0.1) is 17.3 Å². The predicted octanol–water partition coefficient (Wildman–Crippen LogP) is 3.22. The molecule has 6 heteroatoms. The highest BCUT2D eigenvalue weighted by atomic mass is 35.5. The van der Waals surface area contributed by atoms with Crippen LogP contribution in [0.15, 0.2) is 24.3 Å². The number of benzene rings is 1. The van der Waals surface area contributed by atoms with Crippen LogP contribution in [0.5, 0.6) is 5.75 Å². The molecule has 104 valence electrons. The van der Waals surface area contributed by atoms with Gasteiger partial charge in [-0.05, 0) is 37.0 Å². The summed E-state index contributed by atoms with van der Waals surface area (Å²) in [5.74, 6) is 0.114. The Morgan fingerprint density at radius 2 is 2.30 bits per heavy atom. The van der Waals surface area contributed by atoms with E-state index in [1.165, 1.54) is 18.9 Å². The third-order valence-electron chi connectivity index (χ3n) is 3.21. The van der Waals surface area contributed by atoms with Gasteiger partial charge in [-0.25, -0.2) is 4.79 Å². The average Bonchev–Trinajstić information content (AvgIpc) is 3.11. The van der Waals surface area contributed by atoms with Crippen molar-refractivity contribution in [3.05, 3.63) is 35.0 Å². The molecular formula is C14H13ClN2O3. The van der Waals surface area contributed by atoms with Crippen LogP contribution >= 0.6 is 11.6 Å². The van der Waals surface area contributed by atoms with Crippen molar-refractivity contribution >= 4 is 17.6 Å². The number of aromatic carboxylic acids is 1. The first-order valence-electron chi connectivity index (χ1n) is 6.35. The summed E-state index contributed by atoms with van der Waals surface area (Å²) in [4.78, 5) is 10.9. The summed E-state index contributed by atoms with van der Waals surface area (Å²) in [6.45, 7) is 0.632. The molecule has 0 amide bonds. The number of carboxylic acid groups (broad SMARTS) is 1. The van der Waals surface area contributed by atoms with Crippen LogP contribution in [0.1, 0.15) is 23.3 Å². The average molecular weight is 293 g/mol. The van der Waals surface area contributed by atoms with Crippen molar-refractivity contribution < 1.29 is 14.6 Å². The van der Waals surface area contributed by atoms with Gasteiger partial charge in [0.1, 0.15) is 11.4 Å². The van der Waals surface area contributed by atoms with Crippen molar-refractivity contribution in [1.29, 1.82) is 0 Å². The molecule has 2 aromatic rings. The van der Waals surface area contributed by atoms with E-state index in [1.54, 1.807) is 12.1 Å². The van der Waals surface area contributed by atoms with E-state index in [0.717, 1.165) is 0 Å². The van der Waals surface area contributed by atoms with Gasteiger partial charge >= 0.3 is 5.97 Å². The van der Waals surface area contributed by atoms with Gasteiger partial charge in [0, 0.05) is 5.56 Å². The second kappa shape index (κ2) is 5.17. The Kier molecular flexibility index (Phi) is 3.36. The van der Waals surface area contributed by atoms with E-state index in [9.17, 15) is 4.79 Å². The number of aromatic amines is 1. The van der Waals surface area contributed by atoms with Crippen LogP contribution in [0.25, 0.3) is 11.3 Å². The highest BCUT2D eigenvalue weighted by molar-refractivity contribution is 6.32. The first-order valence-corrected chi connectivity index (χ1v) is 6.73. The van der Waals surface area contributed by atoms with Crippen molar-refractivity contribution in [2.75, 3.05) is 6.61 Å². The van der Waals surface area contributed by atoms with E-state index in [-0.39, 0.29) is 5.69 Å². The Labute approximate surface area is 120 Å². The van der Waals surface area contributed by atoms with Gasteiger partial charge in [-0.1, -0.05) is 17.7 Å². The second-order valence-electron chi connectivity index (χ2n) is 4.84. The molecule has 0 saturated heterocycles. The quantitative estimate of drug-likeness (QED) is 0.887. The lowest BCUT2D eigenvalue weighted by atomic mass is 10.1. The molecule has 5 nitrogen and oxygen atoms in total. The Hall–Kier alpha value is -2.01. The highest BCUT2D eigenvalue weighted by Crippen LogP contribution is 2.37. The third kappa shape index (κ3) is 2.63. The van der Waals surface area contributed by atoms with Crippen LogP contribution in [-0.4, -0.2) is 27.9 Å². The molecule has 1 saturated carbocycles. The Morgan fingerprint density at radius 1 is 1.50 bits per heavy atom. The molecule has 0 bridgehead atoms. The monoisotopic (exact) mass is 292 g/mol. The molecule has 1 aliphatic rings. The van der Waals surface area contributed by atoms with Crippen molar-refractivity contribution in [3.8, 4) is 17.0 Å². The van der Waals surface area contributed by atoms with E-state index < -0.39 is 5.97 Å². The zero-order valence-electron chi connectivity index (χ0n) is 10.6. The number of nitrogens with one attached hydrogen (secondary N) is 1. The van der Waals surface area contributed by atoms with Crippen LogP contribution in [0.4, 0.5) is 0 Å². The molecule has 0 atom stereocenters. The van der Waals surface area contributed by atoms with E-state index >= 15 is 0 Å². The fourth-order valence-corrected chi connectivity index (χ4v) is 2.14. The Balaban J connectivity index is 1.93. The fraction of sp³-hybridized carbons (Fsp3) is 0.286. The number of carboxylic acids is 1. The zero-order valence-corrected chi connectivity index (χ0v) is 11.4. The van der Waals surface area contributed by atoms with Crippen molar-refractivity contribution in [2.24, 2.45) is 5.92 Å². The van der Waals surface area contributed by atoms with E-state index in [2.05, 4.69) is 10.2 Å². The van der Waals surface area contributed by atoms with Crippen molar-refractivity contribution in [1.82, 2.24) is 10.2 Å². The standard InChI is InChI=1S/C14H13ClN2O3/c15-10-3-1-2-9(13(10)20-7-8-4-5-8)11-6-12(14(18)19)17-16-11/h1-3,6,8H,4-5,7H2,(H,16,17)(H,18,19). The maximum Gasteiger partial charge on any atom is 0.353 e. The second-order valence-corrected chi connectivity index (χ2v) is 5.25. The Bertz CT molecular complexity index is 650. The first kappa shape index (κ1) is 13.0. The SMILES string of the molecule is O=C(O)c1cc(-c2cccc(Cl)c2OCC2CC2)n[nH]1. The lowest BCUT2D eigenvalue weighted by Crippen LogP contribution is -2.01. The maximum atomic E-state index is 10.9.